The number of hydrogen-bond donors (Lipinski definition) is 1. The number of fused-ring (bicyclic) bond motifs is 1. The van der Waals surface area contributed by atoms with Crippen molar-refractivity contribution in [2.75, 3.05) is 6.61 Å². The van der Waals surface area contributed by atoms with Crippen molar-refractivity contribution in [2.45, 2.75) is 25.8 Å². The maximum absolute atomic E-state index is 12.5. The van der Waals surface area contributed by atoms with E-state index in [2.05, 4.69) is 10.3 Å². The van der Waals surface area contributed by atoms with E-state index in [1.807, 2.05) is 48.7 Å². The molecule has 0 aliphatic carbocycles. The van der Waals surface area contributed by atoms with E-state index in [9.17, 15) is 4.79 Å². The Morgan fingerprint density at radius 3 is 3.04 bits per heavy atom. The lowest BCUT2D eigenvalue weighted by molar-refractivity contribution is -0.121. The van der Waals surface area contributed by atoms with E-state index in [-0.39, 0.29) is 18.4 Å². The number of aromatic nitrogens is 1. The van der Waals surface area contributed by atoms with Crippen molar-refractivity contribution in [3.8, 4) is 16.5 Å². The summed E-state index contributed by atoms with van der Waals surface area (Å²) in [6.45, 7) is 2.45. The number of benzene rings is 1. The van der Waals surface area contributed by atoms with Crippen LogP contribution in [0, 0.1) is 6.92 Å². The molecule has 4 rings (SSSR count). The normalized spacial score (nSPS) is 16.1. The van der Waals surface area contributed by atoms with E-state index in [1.165, 1.54) is 0 Å². The van der Waals surface area contributed by atoms with Gasteiger partial charge in [0.25, 0.3) is 0 Å². The van der Waals surface area contributed by atoms with Crippen LogP contribution < -0.4 is 10.1 Å². The lowest BCUT2D eigenvalue weighted by Gasteiger charge is -2.26. The first-order chi connectivity index (χ1) is 12.2. The zero-order chi connectivity index (χ0) is 17.2. The number of para-hydroxylation sites is 1. The molecule has 1 atom stereocenters. The molecule has 0 spiro atoms. The molecule has 1 aliphatic heterocycles. The molecule has 3 heterocycles. The van der Waals surface area contributed by atoms with Gasteiger partial charge in [-0.2, -0.15) is 0 Å². The van der Waals surface area contributed by atoms with Gasteiger partial charge < -0.3 is 14.5 Å². The van der Waals surface area contributed by atoms with Crippen LogP contribution in [0.5, 0.6) is 5.75 Å². The van der Waals surface area contributed by atoms with Gasteiger partial charge in [0.15, 0.2) is 0 Å². The summed E-state index contributed by atoms with van der Waals surface area (Å²) >= 11 is 1.57. The van der Waals surface area contributed by atoms with Crippen LogP contribution in [0.1, 0.15) is 29.5 Å². The van der Waals surface area contributed by atoms with Crippen molar-refractivity contribution in [3.63, 3.8) is 0 Å². The predicted octanol–water partition coefficient (Wildman–Crippen LogP) is 3.89. The summed E-state index contributed by atoms with van der Waals surface area (Å²) < 4.78 is 11.3. The van der Waals surface area contributed by atoms with Gasteiger partial charge in [0.05, 0.1) is 29.6 Å². The SMILES string of the molecule is Cc1oc(-c2cccs2)nc1CC(=O)N[C@H]1CCOc2ccccc21. The van der Waals surface area contributed by atoms with E-state index in [1.54, 1.807) is 11.3 Å². The molecule has 0 unspecified atom stereocenters. The van der Waals surface area contributed by atoms with Gasteiger partial charge in [0, 0.05) is 12.0 Å². The van der Waals surface area contributed by atoms with Crippen LogP contribution in [0.15, 0.2) is 46.2 Å². The van der Waals surface area contributed by atoms with Crippen molar-refractivity contribution in [3.05, 3.63) is 58.8 Å². The van der Waals surface area contributed by atoms with Crippen LogP contribution >= 0.6 is 11.3 Å². The van der Waals surface area contributed by atoms with Gasteiger partial charge in [-0.05, 0) is 24.4 Å². The number of oxazole rings is 1. The fraction of sp³-hybridized carbons (Fsp3) is 0.263. The molecule has 2 aromatic heterocycles. The number of carbonyl (C=O) groups is 1. The van der Waals surface area contributed by atoms with Gasteiger partial charge in [-0.25, -0.2) is 4.98 Å². The Balaban J connectivity index is 1.47. The highest BCUT2D eigenvalue weighted by molar-refractivity contribution is 7.13. The quantitative estimate of drug-likeness (QED) is 0.772. The van der Waals surface area contributed by atoms with E-state index >= 15 is 0 Å². The van der Waals surface area contributed by atoms with E-state index in [0.29, 0.717) is 24.0 Å². The summed E-state index contributed by atoms with van der Waals surface area (Å²) in [6, 6.07) is 11.7. The number of nitrogens with one attached hydrogen (secondary N) is 1. The molecule has 0 saturated heterocycles. The standard InChI is InChI=1S/C19H18N2O3S/c1-12-15(21-19(24-12)17-7-4-10-25-17)11-18(22)20-14-8-9-23-16-6-3-2-5-13(14)16/h2-7,10,14H,8-9,11H2,1H3,(H,20,22)/t14-/m0/s1. The molecule has 0 radical (unpaired) electrons. The first-order valence-electron chi connectivity index (χ1n) is 8.22. The molecule has 25 heavy (non-hydrogen) atoms. The number of aryl methyl sites for hydroxylation is 1. The molecule has 6 heteroatoms. The average Bonchev–Trinajstić information content (AvgIpc) is 3.26. The van der Waals surface area contributed by atoms with Gasteiger partial charge in [-0.3, -0.25) is 4.79 Å². The average molecular weight is 354 g/mol. The summed E-state index contributed by atoms with van der Waals surface area (Å²) in [6.07, 6.45) is 0.973. The Morgan fingerprint density at radius 1 is 1.32 bits per heavy atom. The van der Waals surface area contributed by atoms with Gasteiger partial charge in [0.2, 0.25) is 11.8 Å². The van der Waals surface area contributed by atoms with E-state index in [4.69, 9.17) is 9.15 Å². The number of hydrogen-bond acceptors (Lipinski definition) is 5. The summed E-state index contributed by atoms with van der Waals surface area (Å²) in [5.41, 5.74) is 1.71. The Kier molecular flexibility index (Phi) is 4.28. The minimum Gasteiger partial charge on any atom is -0.493 e. The van der Waals surface area contributed by atoms with Gasteiger partial charge >= 0.3 is 0 Å². The number of ether oxygens (including phenoxy) is 1. The molecule has 0 fully saturated rings. The largest absolute Gasteiger partial charge is 0.493 e. The minimum absolute atomic E-state index is 0.0265. The van der Waals surface area contributed by atoms with Crippen LogP contribution in [0.2, 0.25) is 0 Å². The lowest BCUT2D eigenvalue weighted by atomic mass is 10.0. The summed E-state index contributed by atoms with van der Waals surface area (Å²) in [5.74, 6) is 2.05. The Bertz CT molecular complexity index is 886. The number of rotatable bonds is 4. The van der Waals surface area contributed by atoms with Crippen LogP contribution in [0.25, 0.3) is 10.8 Å². The molecule has 1 amide bonds. The second-order valence-corrected chi connectivity index (χ2v) is 6.92. The third-order valence-electron chi connectivity index (χ3n) is 4.25. The highest BCUT2D eigenvalue weighted by Crippen LogP contribution is 2.31. The molecule has 128 valence electrons. The zero-order valence-corrected chi connectivity index (χ0v) is 14.6. The summed E-state index contributed by atoms with van der Waals surface area (Å²) in [4.78, 5) is 18.0. The number of thiophene rings is 1. The van der Waals surface area contributed by atoms with Crippen LogP contribution in [-0.2, 0) is 11.2 Å². The van der Waals surface area contributed by atoms with Gasteiger partial charge in [-0.15, -0.1) is 11.3 Å². The Labute approximate surface area is 149 Å². The Hall–Kier alpha value is -2.60. The van der Waals surface area contributed by atoms with Crippen molar-refractivity contribution in [2.24, 2.45) is 0 Å². The second kappa shape index (κ2) is 6.72. The minimum atomic E-state index is -0.0594. The highest BCUT2D eigenvalue weighted by Gasteiger charge is 2.23. The van der Waals surface area contributed by atoms with Crippen LogP contribution in [0.4, 0.5) is 0 Å². The van der Waals surface area contributed by atoms with Gasteiger partial charge in [0.1, 0.15) is 11.5 Å². The molecule has 1 aromatic carbocycles. The van der Waals surface area contributed by atoms with Crippen LogP contribution in [0.3, 0.4) is 0 Å². The molecule has 1 N–H and O–H groups in total. The molecule has 1 aliphatic rings. The zero-order valence-electron chi connectivity index (χ0n) is 13.8. The maximum atomic E-state index is 12.5. The van der Waals surface area contributed by atoms with Crippen molar-refractivity contribution in [1.82, 2.24) is 10.3 Å². The number of nitrogens with zero attached hydrogens (tertiary/aromatic N) is 1. The van der Waals surface area contributed by atoms with Gasteiger partial charge in [-0.1, -0.05) is 24.3 Å². The van der Waals surface area contributed by atoms with Crippen molar-refractivity contribution >= 4 is 17.2 Å². The molecule has 5 nitrogen and oxygen atoms in total. The lowest BCUT2D eigenvalue weighted by Crippen LogP contribution is -2.33. The van der Waals surface area contributed by atoms with Crippen molar-refractivity contribution in [1.29, 1.82) is 0 Å². The fourth-order valence-corrected chi connectivity index (χ4v) is 3.64. The monoisotopic (exact) mass is 354 g/mol. The molecule has 0 bridgehead atoms. The summed E-state index contributed by atoms with van der Waals surface area (Å²) in [5, 5.41) is 5.07. The van der Waals surface area contributed by atoms with Crippen molar-refractivity contribution < 1.29 is 13.9 Å². The summed E-state index contributed by atoms with van der Waals surface area (Å²) in [7, 11) is 0. The maximum Gasteiger partial charge on any atom is 0.236 e. The molecule has 3 aromatic rings. The smallest absolute Gasteiger partial charge is 0.236 e. The second-order valence-electron chi connectivity index (χ2n) is 5.97. The first-order valence-corrected chi connectivity index (χ1v) is 9.10. The fourth-order valence-electron chi connectivity index (χ4n) is 2.99. The molecular formula is C19H18N2O3S. The topological polar surface area (TPSA) is 64.4 Å². The van der Waals surface area contributed by atoms with E-state index < -0.39 is 0 Å². The third kappa shape index (κ3) is 3.30. The predicted molar refractivity (Wildman–Crippen MR) is 95.7 cm³/mol. The highest BCUT2D eigenvalue weighted by atomic mass is 32.1. The molecular weight excluding hydrogens is 336 g/mol. The third-order valence-corrected chi connectivity index (χ3v) is 5.10. The number of carbonyl (C=O) groups excluding carboxylic acids is 1. The molecule has 0 saturated carbocycles. The van der Waals surface area contributed by atoms with E-state index in [0.717, 1.165) is 22.6 Å². The van der Waals surface area contributed by atoms with Crippen LogP contribution in [-0.4, -0.2) is 17.5 Å². The first kappa shape index (κ1) is 15.9. The number of amides is 1. The Morgan fingerprint density at radius 2 is 2.20 bits per heavy atom.